The Labute approximate surface area is 117 Å². The van der Waals surface area contributed by atoms with Crippen molar-refractivity contribution in [1.82, 2.24) is 10.6 Å². The molecule has 0 amide bonds. The number of thioether (sulfide) groups is 1. The summed E-state index contributed by atoms with van der Waals surface area (Å²) < 4.78 is 0. The van der Waals surface area contributed by atoms with Crippen molar-refractivity contribution in [3.05, 3.63) is 0 Å². The van der Waals surface area contributed by atoms with Crippen LogP contribution in [0, 0.1) is 5.92 Å². The minimum Gasteiger partial charge on any atom is -0.314 e. The average Bonchev–Trinajstić information content (AvgIpc) is 2.93. The van der Waals surface area contributed by atoms with E-state index >= 15 is 0 Å². The lowest BCUT2D eigenvalue weighted by atomic mass is 9.79. The predicted octanol–water partition coefficient (Wildman–Crippen LogP) is 3.03. The van der Waals surface area contributed by atoms with Crippen molar-refractivity contribution in [2.24, 2.45) is 5.92 Å². The first-order valence-electron chi connectivity index (χ1n) is 7.81. The third kappa shape index (κ3) is 4.14. The van der Waals surface area contributed by atoms with Gasteiger partial charge in [-0.1, -0.05) is 19.8 Å². The molecule has 4 unspecified atom stereocenters. The van der Waals surface area contributed by atoms with Crippen LogP contribution in [-0.4, -0.2) is 36.7 Å². The predicted molar refractivity (Wildman–Crippen MR) is 82.4 cm³/mol. The van der Waals surface area contributed by atoms with Gasteiger partial charge in [-0.3, -0.25) is 0 Å². The van der Waals surface area contributed by atoms with Gasteiger partial charge in [0.2, 0.25) is 0 Å². The molecule has 0 radical (unpaired) electrons. The molecule has 2 fully saturated rings. The normalized spacial score (nSPS) is 34.7. The first-order chi connectivity index (χ1) is 8.81. The van der Waals surface area contributed by atoms with Gasteiger partial charge in [-0.15, -0.1) is 0 Å². The van der Waals surface area contributed by atoms with Gasteiger partial charge in [0.25, 0.3) is 0 Å². The van der Waals surface area contributed by atoms with Crippen LogP contribution in [0.2, 0.25) is 0 Å². The molecule has 2 aliphatic rings. The van der Waals surface area contributed by atoms with E-state index in [4.69, 9.17) is 0 Å². The zero-order valence-corrected chi connectivity index (χ0v) is 12.9. The van der Waals surface area contributed by atoms with Gasteiger partial charge in [-0.05, 0) is 57.4 Å². The van der Waals surface area contributed by atoms with E-state index < -0.39 is 0 Å². The van der Waals surface area contributed by atoms with Crippen LogP contribution < -0.4 is 10.6 Å². The number of rotatable bonds is 6. The summed E-state index contributed by atoms with van der Waals surface area (Å²) in [5.74, 6) is 0.894. The highest BCUT2D eigenvalue weighted by Gasteiger charge is 2.32. The molecule has 0 spiro atoms. The topological polar surface area (TPSA) is 24.1 Å². The second-order valence-corrected chi connectivity index (χ2v) is 7.32. The Bertz CT molecular complexity index is 229. The molecule has 1 aliphatic heterocycles. The van der Waals surface area contributed by atoms with E-state index in [0.717, 1.165) is 23.3 Å². The molecule has 4 atom stereocenters. The van der Waals surface area contributed by atoms with E-state index in [9.17, 15) is 0 Å². The average molecular weight is 270 g/mol. The van der Waals surface area contributed by atoms with Gasteiger partial charge in [-0.25, -0.2) is 0 Å². The molecule has 0 aromatic carbocycles. The molecule has 0 bridgehead atoms. The van der Waals surface area contributed by atoms with E-state index in [1.165, 1.54) is 58.0 Å². The monoisotopic (exact) mass is 270 g/mol. The van der Waals surface area contributed by atoms with Crippen molar-refractivity contribution in [2.75, 3.05) is 19.3 Å². The molecule has 1 heterocycles. The third-order valence-electron chi connectivity index (χ3n) is 4.79. The van der Waals surface area contributed by atoms with Crippen LogP contribution in [-0.2, 0) is 0 Å². The Hall–Kier alpha value is 0.270. The van der Waals surface area contributed by atoms with Crippen molar-refractivity contribution in [1.29, 1.82) is 0 Å². The van der Waals surface area contributed by atoms with E-state index in [2.05, 4.69) is 23.8 Å². The fourth-order valence-corrected chi connectivity index (χ4v) is 3.91. The maximum atomic E-state index is 3.86. The fourth-order valence-electron chi connectivity index (χ4n) is 3.56. The van der Waals surface area contributed by atoms with Gasteiger partial charge in [0.05, 0.1) is 0 Å². The summed E-state index contributed by atoms with van der Waals surface area (Å²) in [6, 6.07) is 1.59. The second kappa shape index (κ2) is 7.76. The molecular formula is C15H30N2S. The van der Waals surface area contributed by atoms with Crippen LogP contribution in [0.15, 0.2) is 0 Å². The fraction of sp³-hybridized carbons (Fsp3) is 1.00. The third-order valence-corrected chi connectivity index (χ3v) is 5.83. The van der Waals surface area contributed by atoms with Gasteiger partial charge >= 0.3 is 0 Å². The van der Waals surface area contributed by atoms with Crippen molar-refractivity contribution in [2.45, 2.75) is 69.2 Å². The first kappa shape index (κ1) is 14.7. The summed E-state index contributed by atoms with van der Waals surface area (Å²) in [5.41, 5.74) is 0. The molecule has 0 aromatic heterocycles. The van der Waals surface area contributed by atoms with Crippen molar-refractivity contribution < 1.29 is 0 Å². The highest BCUT2D eigenvalue weighted by atomic mass is 32.2. The van der Waals surface area contributed by atoms with Gasteiger partial charge in [0.1, 0.15) is 0 Å². The molecule has 1 saturated heterocycles. The Morgan fingerprint density at radius 2 is 2.06 bits per heavy atom. The van der Waals surface area contributed by atoms with Crippen LogP contribution in [0.3, 0.4) is 0 Å². The van der Waals surface area contributed by atoms with E-state index in [0.29, 0.717) is 0 Å². The van der Waals surface area contributed by atoms with Crippen LogP contribution in [0.4, 0.5) is 0 Å². The summed E-state index contributed by atoms with van der Waals surface area (Å²) >= 11 is 1.99. The molecule has 106 valence electrons. The lowest BCUT2D eigenvalue weighted by Gasteiger charge is -2.36. The Morgan fingerprint density at radius 3 is 2.78 bits per heavy atom. The lowest BCUT2D eigenvalue weighted by Crippen LogP contribution is -2.47. The molecule has 1 saturated carbocycles. The number of nitrogens with one attached hydrogen (secondary N) is 2. The van der Waals surface area contributed by atoms with Gasteiger partial charge < -0.3 is 10.6 Å². The quantitative estimate of drug-likeness (QED) is 0.776. The lowest BCUT2D eigenvalue weighted by molar-refractivity contribution is 0.215. The van der Waals surface area contributed by atoms with Crippen LogP contribution in [0.5, 0.6) is 0 Å². The molecule has 3 heteroatoms. The minimum atomic E-state index is 0.781. The Morgan fingerprint density at radius 1 is 1.22 bits per heavy atom. The van der Waals surface area contributed by atoms with Crippen molar-refractivity contribution >= 4 is 11.8 Å². The first-order valence-corrected chi connectivity index (χ1v) is 9.09. The summed E-state index contributed by atoms with van der Waals surface area (Å²) in [7, 11) is 0. The van der Waals surface area contributed by atoms with Crippen molar-refractivity contribution in [3.63, 3.8) is 0 Å². The summed E-state index contributed by atoms with van der Waals surface area (Å²) in [4.78, 5) is 0. The van der Waals surface area contributed by atoms with Gasteiger partial charge in [-0.2, -0.15) is 11.8 Å². The van der Waals surface area contributed by atoms with Crippen LogP contribution in [0.25, 0.3) is 0 Å². The maximum absolute atomic E-state index is 3.86. The van der Waals surface area contributed by atoms with Crippen molar-refractivity contribution in [3.8, 4) is 0 Å². The molecule has 2 N–H and O–H groups in total. The summed E-state index contributed by atoms with van der Waals surface area (Å²) in [6.07, 6.45) is 12.0. The van der Waals surface area contributed by atoms with E-state index in [1.807, 2.05) is 11.8 Å². The Balaban J connectivity index is 1.76. The molecule has 2 nitrogen and oxygen atoms in total. The SMILES string of the molecule is CSC(C)CCNC1CCCCC1C1CCCN1. The summed E-state index contributed by atoms with van der Waals surface area (Å²) in [6.45, 7) is 4.79. The number of hydrogen-bond donors (Lipinski definition) is 2. The van der Waals surface area contributed by atoms with Gasteiger partial charge in [0, 0.05) is 17.3 Å². The van der Waals surface area contributed by atoms with Gasteiger partial charge in [0.15, 0.2) is 0 Å². The standard InChI is InChI=1S/C15H30N2S/c1-12(18-2)9-11-17-14-7-4-3-6-13(14)15-8-5-10-16-15/h12-17H,3-11H2,1-2H3. The molecular weight excluding hydrogens is 240 g/mol. The minimum absolute atomic E-state index is 0.781. The Kier molecular flexibility index (Phi) is 6.33. The molecule has 1 aliphatic carbocycles. The molecule has 18 heavy (non-hydrogen) atoms. The largest absolute Gasteiger partial charge is 0.314 e. The molecule has 0 aromatic rings. The smallest absolute Gasteiger partial charge is 0.0111 e. The maximum Gasteiger partial charge on any atom is 0.0111 e. The second-order valence-electron chi connectivity index (χ2n) is 6.05. The number of hydrogen-bond acceptors (Lipinski definition) is 3. The van der Waals surface area contributed by atoms with E-state index in [1.54, 1.807) is 0 Å². The van der Waals surface area contributed by atoms with Crippen LogP contribution >= 0.6 is 11.8 Å². The zero-order chi connectivity index (χ0) is 12.8. The highest BCUT2D eigenvalue weighted by Crippen LogP contribution is 2.30. The highest BCUT2D eigenvalue weighted by molar-refractivity contribution is 7.99. The molecule has 2 rings (SSSR count). The summed E-state index contributed by atoms with van der Waals surface area (Å²) in [5, 5.41) is 8.38. The zero-order valence-electron chi connectivity index (χ0n) is 12.1. The van der Waals surface area contributed by atoms with E-state index in [-0.39, 0.29) is 0 Å². The van der Waals surface area contributed by atoms with Crippen LogP contribution in [0.1, 0.15) is 51.9 Å².